The van der Waals surface area contributed by atoms with Gasteiger partial charge in [0.25, 0.3) is 0 Å². The van der Waals surface area contributed by atoms with Gasteiger partial charge >= 0.3 is 11.2 Å². The SMILES string of the molecule is O=C(OCCC(F)(F)S(=O)(=O)[O-])c1ccccc1. The van der Waals surface area contributed by atoms with Gasteiger partial charge in [-0.05, 0) is 12.1 Å². The maximum absolute atomic E-state index is 12.7. The molecule has 0 aromatic heterocycles. The van der Waals surface area contributed by atoms with Crippen molar-refractivity contribution in [2.45, 2.75) is 11.7 Å². The maximum Gasteiger partial charge on any atom is 0.338 e. The number of hydrogen-bond donors (Lipinski definition) is 0. The third-order valence-corrected chi connectivity index (χ3v) is 2.94. The van der Waals surface area contributed by atoms with Crippen LogP contribution in [-0.4, -0.2) is 30.8 Å². The van der Waals surface area contributed by atoms with Gasteiger partial charge in [-0.15, -0.1) is 0 Å². The van der Waals surface area contributed by atoms with Crippen LogP contribution in [0.2, 0.25) is 0 Å². The third kappa shape index (κ3) is 3.74. The van der Waals surface area contributed by atoms with E-state index in [0.717, 1.165) is 0 Å². The highest BCUT2D eigenvalue weighted by atomic mass is 32.2. The van der Waals surface area contributed by atoms with Gasteiger partial charge in [0.2, 0.25) is 0 Å². The first kappa shape index (κ1) is 14.5. The predicted octanol–water partition coefficient (Wildman–Crippen LogP) is 1.37. The molecular weight excluding hydrogens is 270 g/mol. The number of rotatable bonds is 5. The number of halogens is 2. The second-order valence-electron chi connectivity index (χ2n) is 3.34. The molecule has 1 aromatic rings. The van der Waals surface area contributed by atoms with Gasteiger partial charge in [0.05, 0.1) is 18.6 Å². The van der Waals surface area contributed by atoms with Crippen molar-refractivity contribution in [3.8, 4) is 0 Å². The number of carbonyl (C=O) groups excluding carboxylic acids is 1. The minimum atomic E-state index is -5.74. The summed E-state index contributed by atoms with van der Waals surface area (Å²) in [6.07, 6.45) is -1.36. The minimum Gasteiger partial charge on any atom is -0.743 e. The minimum absolute atomic E-state index is 0.144. The van der Waals surface area contributed by atoms with Gasteiger partial charge in [-0.25, -0.2) is 13.2 Å². The fraction of sp³-hybridized carbons (Fsp3) is 0.300. The van der Waals surface area contributed by atoms with Crippen LogP contribution in [0.15, 0.2) is 30.3 Å². The van der Waals surface area contributed by atoms with E-state index in [1.54, 1.807) is 18.2 Å². The van der Waals surface area contributed by atoms with Gasteiger partial charge in [0.1, 0.15) is 0 Å². The van der Waals surface area contributed by atoms with E-state index in [-0.39, 0.29) is 5.56 Å². The molecule has 0 atom stereocenters. The van der Waals surface area contributed by atoms with Crippen molar-refractivity contribution >= 4 is 16.1 Å². The van der Waals surface area contributed by atoms with Crippen molar-refractivity contribution in [3.63, 3.8) is 0 Å². The molecule has 0 bridgehead atoms. The Morgan fingerprint density at radius 1 is 1.28 bits per heavy atom. The quantitative estimate of drug-likeness (QED) is 0.600. The second-order valence-corrected chi connectivity index (χ2v) is 4.85. The summed E-state index contributed by atoms with van der Waals surface area (Å²) in [5, 5.41) is -4.44. The molecule has 0 aliphatic carbocycles. The number of benzene rings is 1. The standard InChI is InChI=1S/C10H10F2O5S/c11-10(12,18(14,15)16)6-7-17-9(13)8-4-2-1-3-5-8/h1-5H,6-7H2,(H,14,15,16)/p-1. The van der Waals surface area contributed by atoms with E-state index < -0.39 is 34.4 Å². The van der Waals surface area contributed by atoms with Crippen molar-refractivity contribution in [1.82, 2.24) is 0 Å². The fourth-order valence-corrected chi connectivity index (χ4v) is 1.38. The van der Waals surface area contributed by atoms with E-state index in [0.29, 0.717) is 0 Å². The van der Waals surface area contributed by atoms with Crippen LogP contribution in [0.3, 0.4) is 0 Å². The summed E-state index contributed by atoms with van der Waals surface area (Å²) in [7, 11) is -5.74. The molecule has 1 aromatic carbocycles. The van der Waals surface area contributed by atoms with Gasteiger partial charge in [0.15, 0.2) is 10.1 Å². The van der Waals surface area contributed by atoms with Crippen LogP contribution < -0.4 is 0 Å². The lowest BCUT2D eigenvalue weighted by atomic mass is 10.2. The molecule has 0 N–H and O–H groups in total. The van der Waals surface area contributed by atoms with Crippen LogP contribution in [0.5, 0.6) is 0 Å². The lowest BCUT2D eigenvalue weighted by Crippen LogP contribution is -2.30. The van der Waals surface area contributed by atoms with Gasteiger partial charge in [-0.2, -0.15) is 8.78 Å². The van der Waals surface area contributed by atoms with E-state index >= 15 is 0 Å². The van der Waals surface area contributed by atoms with Crippen LogP contribution in [-0.2, 0) is 14.9 Å². The normalized spacial score (nSPS) is 12.2. The van der Waals surface area contributed by atoms with Crippen LogP contribution in [0.1, 0.15) is 16.8 Å². The first-order valence-corrected chi connectivity index (χ1v) is 6.20. The van der Waals surface area contributed by atoms with Crippen LogP contribution >= 0.6 is 0 Å². The van der Waals surface area contributed by atoms with E-state index in [4.69, 9.17) is 0 Å². The van der Waals surface area contributed by atoms with Gasteiger partial charge in [0, 0.05) is 0 Å². The molecule has 0 unspecified atom stereocenters. The van der Waals surface area contributed by atoms with Crippen molar-refractivity contribution in [1.29, 1.82) is 0 Å². The van der Waals surface area contributed by atoms with E-state index in [2.05, 4.69) is 4.74 Å². The van der Waals surface area contributed by atoms with E-state index in [1.165, 1.54) is 12.1 Å². The lowest BCUT2D eigenvalue weighted by Gasteiger charge is -2.19. The van der Waals surface area contributed by atoms with Gasteiger partial charge in [-0.1, -0.05) is 18.2 Å². The van der Waals surface area contributed by atoms with Crippen LogP contribution in [0.25, 0.3) is 0 Å². The molecule has 0 saturated carbocycles. The summed E-state index contributed by atoms with van der Waals surface area (Å²) in [6.45, 7) is -0.859. The predicted molar refractivity (Wildman–Crippen MR) is 56.0 cm³/mol. The Morgan fingerprint density at radius 2 is 1.83 bits per heavy atom. The highest BCUT2D eigenvalue weighted by molar-refractivity contribution is 7.86. The molecule has 0 radical (unpaired) electrons. The molecule has 18 heavy (non-hydrogen) atoms. The fourth-order valence-electron chi connectivity index (χ4n) is 1.05. The molecule has 0 fully saturated rings. The zero-order chi connectivity index (χ0) is 13.8. The Kier molecular flexibility index (Phi) is 4.36. The highest BCUT2D eigenvalue weighted by Gasteiger charge is 2.37. The summed E-state index contributed by atoms with van der Waals surface area (Å²) in [4.78, 5) is 11.3. The summed E-state index contributed by atoms with van der Waals surface area (Å²) in [5.74, 6) is -0.866. The second kappa shape index (κ2) is 5.40. The molecule has 0 aliphatic heterocycles. The number of hydrogen-bond acceptors (Lipinski definition) is 5. The molecule has 0 spiro atoms. The summed E-state index contributed by atoms with van der Waals surface area (Å²) in [5.41, 5.74) is 0.144. The average Bonchev–Trinajstić information content (AvgIpc) is 2.28. The first-order valence-electron chi connectivity index (χ1n) is 4.79. The van der Waals surface area contributed by atoms with Crippen molar-refractivity contribution < 1.29 is 31.3 Å². The van der Waals surface area contributed by atoms with Gasteiger partial charge < -0.3 is 9.29 Å². The smallest absolute Gasteiger partial charge is 0.338 e. The molecule has 5 nitrogen and oxygen atoms in total. The Bertz CT molecular complexity index is 512. The monoisotopic (exact) mass is 279 g/mol. The Hall–Kier alpha value is -1.54. The lowest BCUT2D eigenvalue weighted by molar-refractivity contribution is 0.0238. The van der Waals surface area contributed by atoms with E-state index in [9.17, 15) is 26.5 Å². The molecule has 0 amide bonds. The van der Waals surface area contributed by atoms with Crippen LogP contribution in [0.4, 0.5) is 8.78 Å². The summed E-state index contributed by atoms with van der Waals surface area (Å²) >= 11 is 0. The zero-order valence-corrected chi connectivity index (χ0v) is 9.82. The maximum atomic E-state index is 12.7. The molecule has 0 saturated heterocycles. The Labute approximate surface area is 102 Å². The average molecular weight is 279 g/mol. The molecule has 0 heterocycles. The summed E-state index contributed by atoms with van der Waals surface area (Å²) < 4.78 is 60.3. The molecule has 0 aliphatic rings. The molecule has 100 valence electrons. The van der Waals surface area contributed by atoms with Crippen molar-refractivity contribution in [3.05, 3.63) is 35.9 Å². The third-order valence-electron chi connectivity index (χ3n) is 2.00. The number of carbonyl (C=O) groups is 1. The zero-order valence-electron chi connectivity index (χ0n) is 9.01. The molecule has 1 rings (SSSR count). The number of esters is 1. The Balaban J connectivity index is 2.51. The Morgan fingerprint density at radius 3 is 2.33 bits per heavy atom. The van der Waals surface area contributed by atoms with Crippen molar-refractivity contribution in [2.75, 3.05) is 6.61 Å². The largest absolute Gasteiger partial charge is 0.743 e. The summed E-state index contributed by atoms with van der Waals surface area (Å²) in [6, 6.07) is 7.56. The van der Waals surface area contributed by atoms with Crippen molar-refractivity contribution in [2.24, 2.45) is 0 Å². The van der Waals surface area contributed by atoms with Crippen LogP contribution in [0, 0.1) is 0 Å². The first-order chi connectivity index (χ1) is 8.24. The molecule has 8 heteroatoms. The number of alkyl halides is 2. The highest BCUT2D eigenvalue weighted by Crippen LogP contribution is 2.24. The van der Waals surface area contributed by atoms with E-state index in [1.807, 2.05) is 0 Å². The van der Waals surface area contributed by atoms with Gasteiger partial charge in [-0.3, -0.25) is 0 Å². The topological polar surface area (TPSA) is 83.5 Å². The number of ether oxygens (including phenoxy) is 1. The molecular formula is C10H9F2O5S-.